The van der Waals surface area contributed by atoms with Crippen LogP contribution in [0.2, 0.25) is 0 Å². The molecule has 1 aromatic rings. The van der Waals surface area contributed by atoms with Gasteiger partial charge >= 0.3 is 0 Å². The molecule has 1 aromatic carbocycles. The van der Waals surface area contributed by atoms with E-state index in [1.54, 1.807) is 0 Å². The van der Waals surface area contributed by atoms with E-state index < -0.39 is 0 Å². The zero-order chi connectivity index (χ0) is 11.8. The van der Waals surface area contributed by atoms with Crippen molar-refractivity contribution in [3.63, 3.8) is 0 Å². The van der Waals surface area contributed by atoms with Crippen molar-refractivity contribution in [1.82, 2.24) is 5.32 Å². The first-order valence-corrected chi connectivity index (χ1v) is 5.89. The lowest BCUT2D eigenvalue weighted by Gasteiger charge is -2.14. The summed E-state index contributed by atoms with van der Waals surface area (Å²) >= 11 is 0. The SMILES string of the molecule is CC(CC#N)NCCC(C)c1ccccc1. The van der Waals surface area contributed by atoms with Gasteiger partial charge in [-0.05, 0) is 31.4 Å². The third kappa shape index (κ3) is 4.46. The highest BCUT2D eigenvalue weighted by atomic mass is 14.9. The predicted octanol–water partition coefficient (Wildman–Crippen LogP) is 3.07. The average Bonchev–Trinajstić information content (AvgIpc) is 2.30. The lowest BCUT2D eigenvalue weighted by atomic mass is 9.98. The van der Waals surface area contributed by atoms with E-state index in [9.17, 15) is 0 Å². The minimum Gasteiger partial charge on any atom is -0.313 e. The van der Waals surface area contributed by atoms with E-state index in [-0.39, 0.29) is 0 Å². The summed E-state index contributed by atoms with van der Waals surface area (Å²) in [6.07, 6.45) is 1.69. The Morgan fingerprint density at radius 3 is 2.56 bits per heavy atom. The zero-order valence-corrected chi connectivity index (χ0v) is 10.1. The van der Waals surface area contributed by atoms with Gasteiger partial charge in [0.05, 0.1) is 12.5 Å². The first-order chi connectivity index (χ1) is 7.74. The minimum atomic E-state index is 0.299. The molecule has 0 aliphatic rings. The fourth-order valence-corrected chi connectivity index (χ4v) is 1.70. The lowest BCUT2D eigenvalue weighted by molar-refractivity contribution is 0.521. The van der Waals surface area contributed by atoms with E-state index in [4.69, 9.17) is 5.26 Å². The van der Waals surface area contributed by atoms with Gasteiger partial charge < -0.3 is 5.32 Å². The fourth-order valence-electron chi connectivity index (χ4n) is 1.70. The Hall–Kier alpha value is -1.33. The van der Waals surface area contributed by atoms with Crippen LogP contribution < -0.4 is 5.32 Å². The van der Waals surface area contributed by atoms with Crippen LogP contribution in [-0.4, -0.2) is 12.6 Å². The summed E-state index contributed by atoms with van der Waals surface area (Å²) in [5.74, 6) is 0.572. The lowest BCUT2D eigenvalue weighted by Crippen LogP contribution is -2.27. The van der Waals surface area contributed by atoms with Gasteiger partial charge in [-0.1, -0.05) is 37.3 Å². The van der Waals surface area contributed by atoms with Crippen LogP contribution in [-0.2, 0) is 0 Å². The first kappa shape index (κ1) is 12.7. The number of nitriles is 1. The molecule has 2 atom stereocenters. The van der Waals surface area contributed by atoms with Crippen molar-refractivity contribution in [2.24, 2.45) is 0 Å². The van der Waals surface area contributed by atoms with E-state index in [1.165, 1.54) is 5.56 Å². The molecule has 2 unspecified atom stereocenters. The Labute approximate surface area is 98.3 Å². The maximum atomic E-state index is 8.53. The van der Waals surface area contributed by atoms with Crippen molar-refractivity contribution in [2.75, 3.05) is 6.54 Å². The van der Waals surface area contributed by atoms with Gasteiger partial charge in [0.25, 0.3) is 0 Å². The smallest absolute Gasteiger partial charge is 0.0638 e. The van der Waals surface area contributed by atoms with Crippen LogP contribution in [0.4, 0.5) is 0 Å². The maximum absolute atomic E-state index is 8.53. The maximum Gasteiger partial charge on any atom is 0.0638 e. The molecule has 0 fully saturated rings. The van der Waals surface area contributed by atoms with Crippen molar-refractivity contribution >= 4 is 0 Å². The highest BCUT2D eigenvalue weighted by Gasteiger charge is 2.05. The second-order valence-electron chi connectivity index (χ2n) is 4.32. The van der Waals surface area contributed by atoms with Crippen molar-refractivity contribution in [3.05, 3.63) is 35.9 Å². The highest BCUT2D eigenvalue weighted by Crippen LogP contribution is 2.17. The average molecular weight is 216 g/mol. The second-order valence-corrected chi connectivity index (χ2v) is 4.32. The summed E-state index contributed by atoms with van der Waals surface area (Å²) in [6, 6.07) is 13.0. The van der Waals surface area contributed by atoms with Gasteiger partial charge in [-0.2, -0.15) is 5.26 Å². The largest absolute Gasteiger partial charge is 0.313 e. The summed E-state index contributed by atoms with van der Waals surface area (Å²) in [5.41, 5.74) is 1.39. The Morgan fingerprint density at radius 2 is 1.94 bits per heavy atom. The first-order valence-electron chi connectivity index (χ1n) is 5.89. The van der Waals surface area contributed by atoms with Gasteiger partial charge in [0.1, 0.15) is 0 Å². The molecule has 16 heavy (non-hydrogen) atoms. The molecule has 0 amide bonds. The topological polar surface area (TPSA) is 35.8 Å². The molecule has 0 heterocycles. The van der Waals surface area contributed by atoms with Crippen LogP contribution in [0.15, 0.2) is 30.3 Å². The summed E-state index contributed by atoms with van der Waals surface area (Å²) in [5, 5.41) is 11.9. The van der Waals surface area contributed by atoms with Crippen molar-refractivity contribution in [2.45, 2.75) is 38.6 Å². The van der Waals surface area contributed by atoms with Gasteiger partial charge in [-0.3, -0.25) is 0 Å². The molecule has 0 aromatic heterocycles. The normalized spacial score (nSPS) is 14.1. The zero-order valence-electron chi connectivity index (χ0n) is 10.1. The van der Waals surface area contributed by atoms with E-state index in [1.807, 2.05) is 6.07 Å². The van der Waals surface area contributed by atoms with Crippen molar-refractivity contribution < 1.29 is 0 Å². The molecule has 1 rings (SSSR count). The second kappa shape index (κ2) is 7.03. The molecule has 2 nitrogen and oxygen atoms in total. The van der Waals surface area contributed by atoms with Gasteiger partial charge in [-0.25, -0.2) is 0 Å². The van der Waals surface area contributed by atoms with Gasteiger partial charge in [0.15, 0.2) is 0 Å². The van der Waals surface area contributed by atoms with E-state index >= 15 is 0 Å². The number of hydrogen-bond donors (Lipinski definition) is 1. The molecule has 0 aliphatic carbocycles. The van der Waals surface area contributed by atoms with Crippen LogP contribution in [0.5, 0.6) is 0 Å². The third-order valence-electron chi connectivity index (χ3n) is 2.84. The van der Waals surface area contributed by atoms with Crippen LogP contribution in [0, 0.1) is 11.3 Å². The number of nitrogens with zero attached hydrogens (tertiary/aromatic N) is 1. The summed E-state index contributed by atoms with van der Waals surface area (Å²) in [7, 11) is 0. The predicted molar refractivity (Wildman–Crippen MR) is 67.2 cm³/mol. The highest BCUT2D eigenvalue weighted by molar-refractivity contribution is 5.18. The van der Waals surface area contributed by atoms with E-state index in [2.05, 4.69) is 49.5 Å². The van der Waals surface area contributed by atoms with Crippen molar-refractivity contribution in [1.29, 1.82) is 5.26 Å². The fraction of sp³-hybridized carbons (Fsp3) is 0.500. The molecule has 86 valence electrons. The van der Waals surface area contributed by atoms with E-state index in [0.29, 0.717) is 18.4 Å². The number of nitrogens with one attached hydrogen (secondary N) is 1. The van der Waals surface area contributed by atoms with Crippen LogP contribution in [0.3, 0.4) is 0 Å². The molecule has 0 saturated carbocycles. The minimum absolute atomic E-state index is 0.299. The van der Waals surface area contributed by atoms with Gasteiger partial charge in [-0.15, -0.1) is 0 Å². The molecule has 2 heteroatoms. The molecular weight excluding hydrogens is 196 g/mol. The van der Waals surface area contributed by atoms with Gasteiger partial charge in [0.2, 0.25) is 0 Å². The van der Waals surface area contributed by atoms with Crippen LogP contribution in [0.25, 0.3) is 0 Å². The van der Waals surface area contributed by atoms with Crippen LogP contribution >= 0.6 is 0 Å². The molecule has 0 saturated heterocycles. The Balaban J connectivity index is 2.26. The van der Waals surface area contributed by atoms with Crippen molar-refractivity contribution in [3.8, 4) is 6.07 Å². The molecule has 0 aliphatic heterocycles. The molecule has 1 N–H and O–H groups in total. The van der Waals surface area contributed by atoms with Crippen LogP contribution in [0.1, 0.15) is 38.2 Å². The summed E-state index contributed by atoms with van der Waals surface area (Å²) in [4.78, 5) is 0. The molecule has 0 radical (unpaired) electrons. The van der Waals surface area contributed by atoms with Gasteiger partial charge in [0, 0.05) is 6.04 Å². The van der Waals surface area contributed by atoms with E-state index in [0.717, 1.165) is 13.0 Å². The quantitative estimate of drug-likeness (QED) is 0.793. The Kier molecular flexibility index (Phi) is 5.60. The monoisotopic (exact) mass is 216 g/mol. The Morgan fingerprint density at radius 1 is 1.25 bits per heavy atom. The molecule has 0 bridgehead atoms. The number of rotatable bonds is 6. The Bertz CT molecular complexity index is 326. The summed E-state index contributed by atoms with van der Waals surface area (Å²) in [6.45, 7) is 5.27. The molecular formula is C14H20N2. The standard InChI is InChI=1S/C14H20N2/c1-12(14-6-4-3-5-7-14)9-11-16-13(2)8-10-15/h3-7,12-13,16H,8-9,11H2,1-2H3. The number of benzene rings is 1. The molecule has 0 spiro atoms. The summed E-state index contributed by atoms with van der Waals surface area (Å²) < 4.78 is 0. The number of hydrogen-bond acceptors (Lipinski definition) is 2. The third-order valence-corrected chi connectivity index (χ3v) is 2.84.